The molecule has 126 valence electrons. The Kier molecular flexibility index (Phi) is 13.1. The summed E-state index contributed by atoms with van der Waals surface area (Å²) in [5, 5.41) is 0. The van der Waals surface area contributed by atoms with Gasteiger partial charge >= 0.3 is 29.6 Å². The Labute approximate surface area is 162 Å². The average molecular weight is 352 g/mol. The molecule has 0 N–H and O–H groups in total. The molecule has 0 saturated carbocycles. The fourth-order valence-electron chi connectivity index (χ4n) is 2.16. The van der Waals surface area contributed by atoms with Crippen LogP contribution >= 0.6 is 0 Å². The van der Waals surface area contributed by atoms with Crippen molar-refractivity contribution >= 4 is 10.4 Å². The van der Waals surface area contributed by atoms with Crippen LogP contribution in [0.3, 0.4) is 0 Å². The van der Waals surface area contributed by atoms with Crippen LogP contribution in [0.5, 0.6) is 5.75 Å². The number of rotatable bonds is 12. The molecule has 0 atom stereocenters. The minimum Gasteiger partial charge on any atom is -0.726 e. The zero-order chi connectivity index (χ0) is 16.3. The van der Waals surface area contributed by atoms with E-state index in [0.29, 0.717) is 5.75 Å². The van der Waals surface area contributed by atoms with Gasteiger partial charge in [0.2, 0.25) is 10.4 Å². The first-order chi connectivity index (χ1) is 10.5. The van der Waals surface area contributed by atoms with E-state index in [-0.39, 0.29) is 42.8 Å². The van der Waals surface area contributed by atoms with E-state index >= 15 is 0 Å². The topological polar surface area (TPSA) is 75.7 Å². The van der Waals surface area contributed by atoms with Gasteiger partial charge in [0, 0.05) is 0 Å². The van der Waals surface area contributed by atoms with Crippen molar-refractivity contribution < 1.29 is 51.4 Å². The molecule has 0 spiro atoms. The van der Waals surface area contributed by atoms with Gasteiger partial charge in [-0.25, -0.2) is 8.42 Å². The standard InChI is InChI=1S/C16H26O5S.Na/c1-2-3-4-5-6-7-8-15-9-11-16(12-10-15)20-13-14-21-22(17,18)19;/h9-12H,2-8,13-14H2,1H3,(H,17,18,19);/q;+1/p-1. The Morgan fingerprint density at radius 1 is 0.957 bits per heavy atom. The quantitative estimate of drug-likeness (QED) is 0.236. The molecule has 0 heterocycles. The third-order valence-electron chi connectivity index (χ3n) is 3.32. The van der Waals surface area contributed by atoms with Gasteiger partial charge in [0.1, 0.15) is 12.4 Å². The zero-order valence-corrected chi connectivity index (χ0v) is 16.9. The molecule has 0 aliphatic carbocycles. The summed E-state index contributed by atoms with van der Waals surface area (Å²) in [5.74, 6) is 0.638. The number of hydrogen-bond donors (Lipinski definition) is 0. The third kappa shape index (κ3) is 12.9. The molecule has 23 heavy (non-hydrogen) atoms. The van der Waals surface area contributed by atoms with Crippen molar-refractivity contribution in [2.24, 2.45) is 0 Å². The van der Waals surface area contributed by atoms with Gasteiger partial charge in [-0.15, -0.1) is 0 Å². The Balaban J connectivity index is 0.00000484. The predicted molar refractivity (Wildman–Crippen MR) is 84.7 cm³/mol. The molecule has 0 bridgehead atoms. The van der Waals surface area contributed by atoms with Crippen LogP contribution in [-0.2, 0) is 21.0 Å². The maximum atomic E-state index is 10.2. The van der Waals surface area contributed by atoms with Crippen LogP contribution in [0.25, 0.3) is 0 Å². The van der Waals surface area contributed by atoms with Gasteiger partial charge in [-0.3, -0.25) is 4.18 Å². The molecule has 0 amide bonds. The van der Waals surface area contributed by atoms with Gasteiger partial charge in [-0.1, -0.05) is 51.2 Å². The second kappa shape index (κ2) is 13.2. The van der Waals surface area contributed by atoms with Crippen LogP contribution in [0.15, 0.2) is 24.3 Å². The second-order valence-corrected chi connectivity index (χ2v) is 6.29. The van der Waals surface area contributed by atoms with E-state index in [4.69, 9.17) is 4.74 Å². The molecule has 7 heteroatoms. The fourth-order valence-corrected chi connectivity index (χ4v) is 2.43. The largest absolute Gasteiger partial charge is 1.00 e. The van der Waals surface area contributed by atoms with Gasteiger partial charge in [0.05, 0.1) is 6.61 Å². The Bertz CT molecular complexity index is 502. The van der Waals surface area contributed by atoms with E-state index < -0.39 is 10.4 Å². The Morgan fingerprint density at radius 3 is 2.17 bits per heavy atom. The second-order valence-electron chi connectivity index (χ2n) is 5.24. The molecule has 0 fully saturated rings. The molecular weight excluding hydrogens is 327 g/mol. The van der Waals surface area contributed by atoms with Gasteiger partial charge in [0.25, 0.3) is 0 Å². The van der Waals surface area contributed by atoms with E-state index in [9.17, 15) is 13.0 Å². The normalized spacial score (nSPS) is 11.0. The van der Waals surface area contributed by atoms with Crippen molar-refractivity contribution in [2.75, 3.05) is 13.2 Å². The van der Waals surface area contributed by atoms with Crippen LogP contribution in [0.1, 0.15) is 51.0 Å². The zero-order valence-electron chi connectivity index (χ0n) is 14.1. The van der Waals surface area contributed by atoms with Crippen LogP contribution in [0.2, 0.25) is 0 Å². The molecule has 0 unspecified atom stereocenters. The van der Waals surface area contributed by atoms with Crippen LogP contribution in [-0.4, -0.2) is 26.2 Å². The first-order valence-corrected chi connectivity index (χ1v) is 9.16. The summed E-state index contributed by atoms with van der Waals surface area (Å²) in [6.07, 6.45) is 8.74. The number of ether oxygens (including phenoxy) is 1. The minimum absolute atomic E-state index is 0. The number of unbranched alkanes of at least 4 members (excludes halogenated alkanes) is 5. The van der Waals surface area contributed by atoms with E-state index in [1.807, 2.05) is 24.3 Å². The molecule has 1 aromatic rings. The van der Waals surface area contributed by atoms with E-state index in [1.165, 1.54) is 44.1 Å². The van der Waals surface area contributed by atoms with Crippen molar-refractivity contribution in [3.8, 4) is 5.75 Å². The Morgan fingerprint density at radius 2 is 1.57 bits per heavy atom. The molecule has 0 radical (unpaired) electrons. The summed E-state index contributed by atoms with van der Waals surface area (Å²) in [6, 6.07) is 7.70. The van der Waals surface area contributed by atoms with Crippen molar-refractivity contribution in [1.82, 2.24) is 0 Å². The first-order valence-electron chi connectivity index (χ1n) is 7.83. The summed E-state index contributed by atoms with van der Waals surface area (Å²) < 4.78 is 40.1. The maximum Gasteiger partial charge on any atom is 1.00 e. The molecule has 1 rings (SSSR count). The fraction of sp³-hybridized carbons (Fsp3) is 0.625. The molecular formula is C16H25NaO5S. The molecule has 0 aliphatic heterocycles. The summed E-state index contributed by atoms with van der Waals surface area (Å²) >= 11 is 0. The molecule has 5 nitrogen and oxygen atoms in total. The SMILES string of the molecule is CCCCCCCCc1ccc(OCCOS(=O)(=O)[O-])cc1.[Na+]. The average Bonchev–Trinajstić information content (AvgIpc) is 2.48. The van der Waals surface area contributed by atoms with Gasteiger partial charge in [-0.05, 0) is 30.5 Å². The summed E-state index contributed by atoms with van der Waals surface area (Å²) in [7, 11) is -4.63. The van der Waals surface area contributed by atoms with Crippen molar-refractivity contribution in [3.05, 3.63) is 29.8 Å². The minimum atomic E-state index is -4.63. The maximum absolute atomic E-state index is 10.2. The molecule has 0 saturated heterocycles. The van der Waals surface area contributed by atoms with E-state index in [2.05, 4.69) is 11.1 Å². The van der Waals surface area contributed by atoms with Gasteiger partial charge in [0.15, 0.2) is 0 Å². The number of hydrogen-bond acceptors (Lipinski definition) is 5. The summed E-state index contributed by atoms with van der Waals surface area (Å²) in [6.45, 7) is 1.97. The van der Waals surface area contributed by atoms with Crippen LogP contribution in [0.4, 0.5) is 0 Å². The number of aryl methyl sites for hydroxylation is 1. The molecule has 0 aliphatic rings. The van der Waals surface area contributed by atoms with Crippen molar-refractivity contribution in [3.63, 3.8) is 0 Å². The first kappa shape index (κ1) is 22.9. The van der Waals surface area contributed by atoms with Crippen molar-refractivity contribution in [2.45, 2.75) is 51.9 Å². The smallest absolute Gasteiger partial charge is 0.726 e. The summed E-state index contributed by atoms with van der Waals surface area (Å²) in [5.41, 5.74) is 1.27. The summed E-state index contributed by atoms with van der Waals surface area (Å²) in [4.78, 5) is 0. The predicted octanol–water partition coefficient (Wildman–Crippen LogP) is 0.449. The monoisotopic (exact) mass is 352 g/mol. The molecule has 0 aromatic heterocycles. The van der Waals surface area contributed by atoms with Crippen molar-refractivity contribution in [1.29, 1.82) is 0 Å². The van der Waals surface area contributed by atoms with E-state index in [1.54, 1.807) is 0 Å². The van der Waals surface area contributed by atoms with E-state index in [0.717, 1.165) is 6.42 Å². The Hall–Kier alpha value is -0.110. The third-order valence-corrected chi connectivity index (χ3v) is 3.78. The van der Waals surface area contributed by atoms with Gasteiger partial charge in [-0.2, -0.15) is 0 Å². The number of benzene rings is 1. The molecule has 1 aromatic carbocycles. The van der Waals surface area contributed by atoms with Gasteiger partial charge < -0.3 is 9.29 Å². The van der Waals surface area contributed by atoms with Crippen LogP contribution in [0, 0.1) is 0 Å². The van der Waals surface area contributed by atoms with Crippen LogP contribution < -0.4 is 34.3 Å².